The van der Waals surface area contributed by atoms with E-state index in [2.05, 4.69) is 181 Å². The van der Waals surface area contributed by atoms with Crippen LogP contribution in [-0.4, -0.2) is 9.13 Å². The van der Waals surface area contributed by atoms with Gasteiger partial charge >= 0.3 is 0 Å². The van der Waals surface area contributed by atoms with Crippen LogP contribution in [0.15, 0.2) is 158 Å². The lowest BCUT2D eigenvalue weighted by Crippen LogP contribution is -2.16. The van der Waals surface area contributed by atoms with Crippen molar-refractivity contribution in [2.24, 2.45) is 0 Å². The SMILES string of the molecule is CC1(C)c2ccccc2-c2ccc3c4ccccc4n(-c4ccccc4-c4ccccc4-n4c5ccccc5c5ccccc54)c3c21. The molecule has 2 aromatic heterocycles. The van der Waals surface area contributed by atoms with Crippen molar-refractivity contribution in [2.45, 2.75) is 19.3 Å². The van der Waals surface area contributed by atoms with E-state index in [-0.39, 0.29) is 5.41 Å². The van der Waals surface area contributed by atoms with Crippen LogP contribution in [0.25, 0.3) is 77.2 Å². The molecule has 0 amide bonds. The van der Waals surface area contributed by atoms with Crippen molar-refractivity contribution < 1.29 is 0 Å². The number of fused-ring (bicyclic) bond motifs is 10. The van der Waals surface area contributed by atoms with Crippen molar-refractivity contribution in [1.29, 1.82) is 0 Å². The maximum Gasteiger partial charge on any atom is 0.0588 e. The summed E-state index contributed by atoms with van der Waals surface area (Å²) in [5.74, 6) is 0. The third-order valence-electron chi connectivity index (χ3n) is 10.5. The molecular weight excluding hydrogens is 569 g/mol. The molecule has 2 heterocycles. The highest BCUT2D eigenvalue weighted by Crippen LogP contribution is 2.53. The first-order chi connectivity index (χ1) is 23.1. The van der Waals surface area contributed by atoms with Crippen LogP contribution in [0.2, 0.25) is 0 Å². The summed E-state index contributed by atoms with van der Waals surface area (Å²) >= 11 is 0. The van der Waals surface area contributed by atoms with Crippen molar-refractivity contribution in [3.8, 4) is 33.6 Å². The Kier molecular flexibility index (Phi) is 5.37. The summed E-state index contributed by atoms with van der Waals surface area (Å²) in [7, 11) is 0. The summed E-state index contributed by atoms with van der Waals surface area (Å²) in [6, 6.07) is 58.0. The monoisotopic (exact) mass is 600 g/mol. The normalized spacial score (nSPS) is 13.5. The van der Waals surface area contributed by atoms with Crippen LogP contribution in [0.1, 0.15) is 25.0 Å². The van der Waals surface area contributed by atoms with Gasteiger partial charge in [0.2, 0.25) is 0 Å². The molecule has 47 heavy (non-hydrogen) atoms. The molecule has 7 aromatic carbocycles. The van der Waals surface area contributed by atoms with Crippen LogP contribution in [-0.2, 0) is 5.41 Å². The number of nitrogens with zero attached hydrogens (tertiary/aromatic N) is 2. The molecule has 0 bridgehead atoms. The van der Waals surface area contributed by atoms with E-state index >= 15 is 0 Å². The highest BCUT2D eigenvalue weighted by Gasteiger charge is 2.38. The average Bonchev–Trinajstić information content (AvgIpc) is 3.72. The molecule has 0 saturated heterocycles. The van der Waals surface area contributed by atoms with Gasteiger partial charge in [-0.3, -0.25) is 0 Å². The zero-order chi connectivity index (χ0) is 31.3. The molecule has 0 unspecified atom stereocenters. The van der Waals surface area contributed by atoms with E-state index in [0.29, 0.717) is 0 Å². The molecule has 2 heteroatoms. The number of rotatable bonds is 3. The molecule has 0 fully saturated rings. The van der Waals surface area contributed by atoms with E-state index in [1.165, 1.54) is 88.4 Å². The van der Waals surface area contributed by atoms with E-state index < -0.39 is 0 Å². The molecule has 2 nitrogen and oxygen atoms in total. The van der Waals surface area contributed by atoms with Crippen LogP contribution >= 0.6 is 0 Å². The molecule has 0 aliphatic heterocycles. The molecule has 222 valence electrons. The zero-order valence-corrected chi connectivity index (χ0v) is 26.4. The Labute approximate surface area is 273 Å². The van der Waals surface area contributed by atoms with Gasteiger partial charge in [-0.2, -0.15) is 0 Å². The first-order valence-corrected chi connectivity index (χ1v) is 16.5. The Balaban J connectivity index is 1.32. The largest absolute Gasteiger partial charge is 0.309 e. The fourth-order valence-corrected chi connectivity index (χ4v) is 8.54. The second-order valence-corrected chi connectivity index (χ2v) is 13.3. The number of hydrogen-bond acceptors (Lipinski definition) is 0. The summed E-state index contributed by atoms with van der Waals surface area (Å²) in [5.41, 5.74) is 15.1. The van der Waals surface area contributed by atoms with Gasteiger partial charge in [0.05, 0.1) is 33.4 Å². The predicted octanol–water partition coefficient (Wildman–Crippen LogP) is 11.9. The van der Waals surface area contributed by atoms with Crippen LogP contribution in [0.3, 0.4) is 0 Å². The van der Waals surface area contributed by atoms with Crippen molar-refractivity contribution in [3.63, 3.8) is 0 Å². The molecule has 0 N–H and O–H groups in total. The van der Waals surface area contributed by atoms with E-state index in [9.17, 15) is 0 Å². The van der Waals surface area contributed by atoms with Crippen molar-refractivity contribution in [2.75, 3.05) is 0 Å². The fourth-order valence-electron chi connectivity index (χ4n) is 8.54. The molecule has 1 aliphatic rings. The standard InChI is InChI=1S/C45H32N2/c1-45(2)37-21-9-3-15-29(37)35-27-28-36-34-20-8-14-26-42(34)47(44(36)43(35)45)41-25-13-7-19-33(41)32-18-6-12-24-40(32)46-38-22-10-4-16-30(38)31-17-5-11-23-39(31)46/h3-28H,1-2H3. The minimum absolute atomic E-state index is 0.145. The Morgan fingerprint density at radius 3 is 1.43 bits per heavy atom. The maximum absolute atomic E-state index is 2.55. The number of aromatic nitrogens is 2. The van der Waals surface area contributed by atoms with Crippen LogP contribution in [0.4, 0.5) is 0 Å². The molecular formula is C45H32N2. The average molecular weight is 601 g/mol. The Bertz CT molecular complexity index is 2660. The van der Waals surface area contributed by atoms with Gasteiger partial charge in [-0.1, -0.05) is 141 Å². The van der Waals surface area contributed by atoms with E-state index in [4.69, 9.17) is 0 Å². The minimum Gasteiger partial charge on any atom is -0.309 e. The van der Waals surface area contributed by atoms with Gasteiger partial charge in [0.25, 0.3) is 0 Å². The third-order valence-corrected chi connectivity index (χ3v) is 10.5. The van der Waals surface area contributed by atoms with E-state index in [0.717, 1.165) is 0 Å². The third kappa shape index (κ3) is 3.50. The zero-order valence-electron chi connectivity index (χ0n) is 26.4. The van der Waals surface area contributed by atoms with Gasteiger partial charge in [0, 0.05) is 38.1 Å². The quantitative estimate of drug-likeness (QED) is 0.191. The summed E-state index contributed by atoms with van der Waals surface area (Å²) in [6.07, 6.45) is 0. The summed E-state index contributed by atoms with van der Waals surface area (Å²) in [4.78, 5) is 0. The van der Waals surface area contributed by atoms with Gasteiger partial charge in [-0.15, -0.1) is 0 Å². The van der Waals surface area contributed by atoms with Crippen molar-refractivity contribution in [1.82, 2.24) is 9.13 Å². The van der Waals surface area contributed by atoms with Crippen molar-refractivity contribution in [3.05, 3.63) is 169 Å². The molecule has 0 radical (unpaired) electrons. The summed E-state index contributed by atoms with van der Waals surface area (Å²) in [6.45, 7) is 4.78. The van der Waals surface area contributed by atoms with E-state index in [1.54, 1.807) is 0 Å². The highest BCUT2D eigenvalue weighted by atomic mass is 15.0. The van der Waals surface area contributed by atoms with Crippen LogP contribution < -0.4 is 0 Å². The van der Waals surface area contributed by atoms with E-state index in [1.807, 2.05) is 0 Å². The van der Waals surface area contributed by atoms with Gasteiger partial charge in [-0.25, -0.2) is 0 Å². The van der Waals surface area contributed by atoms with Gasteiger partial charge < -0.3 is 9.13 Å². The number of benzene rings is 7. The first-order valence-electron chi connectivity index (χ1n) is 16.5. The maximum atomic E-state index is 2.55. The topological polar surface area (TPSA) is 9.86 Å². The molecule has 1 aliphatic carbocycles. The van der Waals surface area contributed by atoms with Gasteiger partial charge in [0.15, 0.2) is 0 Å². The fraction of sp³-hybridized carbons (Fsp3) is 0.0667. The number of para-hydroxylation sites is 5. The molecule has 0 atom stereocenters. The summed E-state index contributed by atoms with van der Waals surface area (Å²) in [5, 5.41) is 5.12. The second kappa shape index (κ2) is 9.57. The Morgan fingerprint density at radius 2 is 0.809 bits per heavy atom. The predicted molar refractivity (Wildman–Crippen MR) is 198 cm³/mol. The lowest BCUT2D eigenvalue weighted by Gasteiger charge is -2.24. The smallest absolute Gasteiger partial charge is 0.0588 e. The second-order valence-electron chi connectivity index (χ2n) is 13.3. The lowest BCUT2D eigenvalue weighted by atomic mass is 9.81. The van der Waals surface area contributed by atoms with Crippen LogP contribution in [0.5, 0.6) is 0 Å². The molecule has 0 saturated carbocycles. The Morgan fingerprint density at radius 1 is 0.362 bits per heavy atom. The molecule has 0 spiro atoms. The van der Waals surface area contributed by atoms with Crippen LogP contribution in [0, 0.1) is 0 Å². The lowest BCUT2D eigenvalue weighted by molar-refractivity contribution is 0.664. The highest BCUT2D eigenvalue weighted by molar-refractivity contribution is 6.14. The molecule has 10 rings (SSSR count). The minimum atomic E-state index is -0.145. The van der Waals surface area contributed by atoms with Gasteiger partial charge in [-0.05, 0) is 52.6 Å². The summed E-state index contributed by atoms with van der Waals surface area (Å²) < 4.78 is 5.00. The van der Waals surface area contributed by atoms with Crippen molar-refractivity contribution >= 4 is 43.6 Å². The molecule has 9 aromatic rings. The van der Waals surface area contributed by atoms with Gasteiger partial charge in [0.1, 0.15) is 0 Å². The first kappa shape index (κ1) is 26.4. The Hall–Kier alpha value is -5.86. The number of hydrogen-bond donors (Lipinski definition) is 0.